The number of aromatic nitrogens is 1. The number of anilines is 1. The van der Waals surface area contributed by atoms with Gasteiger partial charge in [0.2, 0.25) is 10.0 Å². The molecule has 0 atom stereocenters. The van der Waals surface area contributed by atoms with Gasteiger partial charge in [-0.25, -0.2) is 17.6 Å². The summed E-state index contributed by atoms with van der Waals surface area (Å²) in [4.78, 5) is 14.9. The molecule has 1 saturated heterocycles. The number of nitrogens with zero attached hydrogens (tertiary/aromatic N) is 3. The second kappa shape index (κ2) is 9.52. The van der Waals surface area contributed by atoms with Gasteiger partial charge in [-0.1, -0.05) is 30.3 Å². The molecule has 0 radical (unpaired) electrons. The Balaban J connectivity index is 1.19. The molecule has 180 valence electrons. The van der Waals surface area contributed by atoms with E-state index in [1.165, 1.54) is 16.4 Å². The van der Waals surface area contributed by atoms with E-state index in [2.05, 4.69) is 5.32 Å². The molecule has 7 nitrogen and oxygen atoms in total. The van der Waals surface area contributed by atoms with Crippen molar-refractivity contribution in [3.05, 3.63) is 96.4 Å². The number of hydrogen-bond acceptors (Lipinski definition) is 4. The second-order valence-corrected chi connectivity index (χ2v) is 10.4. The topological polar surface area (TPSA) is 74.7 Å². The number of piperazine rings is 1. The molecule has 0 aliphatic carbocycles. The molecule has 1 aromatic heterocycles. The van der Waals surface area contributed by atoms with Gasteiger partial charge in [0.25, 0.3) is 0 Å². The molecule has 0 bridgehead atoms. The Kier molecular flexibility index (Phi) is 6.27. The molecular formula is C26H25FN4O3S. The maximum atomic E-state index is 13.2. The van der Waals surface area contributed by atoms with Crippen LogP contribution in [0.5, 0.6) is 0 Å². The zero-order chi connectivity index (χ0) is 24.4. The van der Waals surface area contributed by atoms with Gasteiger partial charge in [0, 0.05) is 50.0 Å². The maximum Gasteiger partial charge on any atom is 0.326 e. The number of halogens is 1. The number of fused-ring (bicyclic) bond motifs is 1. The third kappa shape index (κ3) is 4.78. The average molecular weight is 493 g/mol. The van der Waals surface area contributed by atoms with Gasteiger partial charge in [-0.05, 0) is 54.1 Å². The van der Waals surface area contributed by atoms with Crippen molar-refractivity contribution in [3.63, 3.8) is 0 Å². The number of hydrogen-bond donors (Lipinski definition) is 1. The van der Waals surface area contributed by atoms with Gasteiger partial charge in [-0.15, -0.1) is 0 Å². The van der Waals surface area contributed by atoms with Crippen LogP contribution in [-0.4, -0.2) is 49.5 Å². The van der Waals surface area contributed by atoms with Crippen LogP contribution in [0.25, 0.3) is 10.9 Å². The molecule has 1 N–H and O–H groups in total. The van der Waals surface area contributed by atoms with Gasteiger partial charge in [0.05, 0.1) is 10.4 Å². The van der Waals surface area contributed by atoms with Gasteiger partial charge in [-0.3, -0.25) is 4.57 Å². The van der Waals surface area contributed by atoms with Crippen LogP contribution in [0, 0.1) is 5.82 Å². The average Bonchev–Trinajstić information content (AvgIpc) is 3.32. The molecule has 1 aliphatic rings. The van der Waals surface area contributed by atoms with Gasteiger partial charge < -0.3 is 10.2 Å². The van der Waals surface area contributed by atoms with Crippen molar-refractivity contribution in [2.45, 2.75) is 11.4 Å². The largest absolute Gasteiger partial charge is 0.369 e. The summed E-state index contributed by atoms with van der Waals surface area (Å²) in [5, 5.41) is 3.86. The Morgan fingerprint density at radius 3 is 2.26 bits per heavy atom. The van der Waals surface area contributed by atoms with E-state index in [4.69, 9.17) is 0 Å². The Morgan fingerprint density at radius 2 is 1.54 bits per heavy atom. The summed E-state index contributed by atoms with van der Waals surface area (Å²) in [5.41, 5.74) is 2.50. The molecule has 1 aliphatic heterocycles. The molecule has 0 spiro atoms. The first-order valence-corrected chi connectivity index (χ1v) is 12.8. The lowest BCUT2D eigenvalue weighted by Crippen LogP contribution is -2.48. The first-order chi connectivity index (χ1) is 16.9. The highest BCUT2D eigenvalue weighted by Crippen LogP contribution is 2.22. The summed E-state index contributed by atoms with van der Waals surface area (Å²) in [5.74, 6) is -0.295. The molecule has 0 unspecified atom stereocenters. The molecule has 0 saturated carbocycles. The number of carbonyl (C=O) groups is 1. The molecule has 35 heavy (non-hydrogen) atoms. The van der Waals surface area contributed by atoms with E-state index in [1.54, 1.807) is 47.2 Å². The monoisotopic (exact) mass is 492 g/mol. The van der Waals surface area contributed by atoms with Crippen molar-refractivity contribution in [1.29, 1.82) is 0 Å². The first-order valence-electron chi connectivity index (χ1n) is 11.4. The van der Waals surface area contributed by atoms with E-state index in [-0.39, 0.29) is 23.3 Å². The lowest BCUT2D eigenvalue weighted by atomic mass is 10.2. The zero-order valence-electron chi connectivity index (χ0n) is 19.0. The SMILES string of the molecule is O=C(NCc1ccc(S(=O)(=O)N2CCN(c3ccc(F)cc3)CC2)cc1)n1ccc2ccccc21. The highest BCUT2D eigenvalue weighted by molar-refractivity contribution is 7.89. The van der Waals surface area contributed by atoms with E-state index < -0.39 is 10.0 Å². The van der Waals surface area contributed by atoms with Gasteiger partial charge in [0.1, 0.15) is 5.82 Å². The molecule has 1 amide bonds. The Labute approximate surface area is 203 Å². The van der Waals surface area contributed by atoms with Crippen LogP contribution in [0.3, 0.4) is 0 Å². The van der Waals surface area contributed by atoms with Crippen molar-refractivity contribution >= 4 is 32.6 Å². The van der Waals surface area contributed by atoms with Crippen LogP contribution in [-0.2, 0) is 16.6 Å². The van der Waals surface area contributed by atoms with Gasteiger partial charge >= 0.3 is 6.03 Å². The fourth-order valence-electron chi connectivity index (χ4n) is 4.29. The predicted molar refractivity (Wildman–Crippen MR) is 133 cm³/mol. The van der Waals surface area contributed by atoms with Crippen LogP contribution >= 0.6 is 0 Å². The standard InChI is InChI=1S/C26H25FN4O3S/c27-22-7-9-23(10-8-22)29-15-17-30(18-16-29)35(33,34)24-11-5-20(6-12-24)19-28-26(32)31-14-13-21-3-1-2-4-25(21)31/h1-14H,15-19H2,(H,28,32). The number of amides is 1. The molecule has 5 rings (SSSR count). The third-order valence-corrected chi connectivity index (χ3v) is 8.17. The summed E-state index contributed by atoms with van der Waals surface area (Å²) in [6, 6.07) is 22.1. The third-order valence-electron chi connectivity index (χ3n) is 6.25. The molecule has 1 fully saturated rings. The summed E-state index contributed by atoms with van der Waals surface area (Å²) >= 11 is 0. The smallest absolute Gasteiger partial charge is 0.326 e. The summed E-state index contributed by atoms with van der Waals surface area (Å²) < 4.78 is 42.4. The highest BCUT2D eigenvalue weighted by atomic mass is 32.2. The fourth-order valence-corrected chi connectivity index (χ4v) is 5.71. The molecule has 3 aromatic carbocycles. The maximum absolute atomic E-state index is 13.2. The van der Waals surface area contributed by atoms with Crippen molar-refractivity contribution in [2.75, 3.05) is 31.1 Å². The molecule has 2 heterocycles. The van der Waals surface area contributed by atoms with E-state index in [1.807, 2.05) is 35.2 Å². The van der Waals surface area contributed by atoms with Gasteiger partial charge in [-0.2, -0.15) is 4.31 Å². The minimum atomic E-state index is -3.63. The molecular weight excluding hydrogens is 467 g/mol. The van der Waals surface area contributed by atoms with Crippen molar-refractivity contribution < 1.29 is 17.6 Å². The number of rotatable bonds is 5. The number of para-hydroxylation sites is 1. The van der Waals surface area contributed by atoms with E-state index in [9.17, 15) is 17.6 Å². The molecule has 9 heteroatoms. The number of nitrogens with one attached hydrogen (secondary N) is 1. The van der Waals surface area contributed by atoms with Crippen LogP contribution in [0.4, 0.5) is 14.9 Å². The first kappa shape index (κ1) is 23.1. The Bertz CT molecular complexity index is 1440. The fraction of sp³-hybridized carbons (Fsp3) is 0.192. The predicted octanol–water partition coefficient (Wildman–Crippen LogP) is 4.05. The van der Waals surface area contributed by atoms with E-state index in [0.717, 1.165) is 22.2 Å². The van der Waals surface area contributed by atoms with Crippen molar-refractivity contribution in [1.82, 2.24) is 14.2 Å². The van der Waals surface area contributed by atoms with Crippen LogP contribution in [0.15, 0.2) is 90.0 Å². The zero-order valence-corrected chi connectivity index (χ0v) is 19.8. The van der Waals surface area contributed by atoms with Crippen molar-refractivity contribution in [3.8, 4) is 0 Å². The second-order valence-electron chi connectivity index (χ2n) is 8.41. The lowest BCUT2D eigenvalue weighted by Gasteiger charge is -2.35. The number of sulfonamides is 1. The highest BCUT2D eigenvalue weighted by Gasteiger charge is 2.28. The van der Waals surface area contributed by atoms with E-state index in [0.29, 0.717) is 26.2 Å². The normalized spacial score (nSPS) is 14.8. The summed E-state index contributed by atoms with van der Waals surface area (Å²) in [6.07, 6.45) is 1.73. The molecule has 4 aromatic rings. The quantitative estimate of drug-likeness (QED) is 0.456. The lowest BCUT2D eigenvalue weighted by molar-refractivity contribution is 0.243. The summed E-state index contributed by atoms with van der Waals surface area (Å²) in [7, 11) is -3.63. The number of carbonyl (C=O) groups excluding carboxylic acids is 1. The minimum Gasteiger partial charge on any atom is -0.369 e. The van der Waals surface area contributed by atoms with E-state index >= 15 is 0 Å². The van der Waals surface area contributed by atoms with Gasteiger partial charge in [0.15, 0.2) is 0 Å². The minimum absolute atomic E-state index is 0.221. The van der Waals surface area contributed by atoms with Crippen LogP contribution in [0.1, 0.15) is 5.56 Å². The Hall–Kier alpha value is -3.69. The Morgan fingerprint density at radius 1 is 0.857 bits per heavy atom. The summed E-state index contributed by atoms with van der Waals surface area (Å²) in [6.45, 7) is 2.04. The van der Waals surface area contributed by atoms with Crippen LogP contribution < -0.4 is 10.2 Å². The number of benzene rings is 3. The van der Waals surface area contributed by atoms with Crippen molar-refractivity contribution in [2.24, 2.45) is 0 Å². The van der Waals surface area contributed by atoms with Crippen LogP contribution in [0.2, 0.25) is 0 Å².